The third kappa shape index (κ3) is 5.68. The van der Waals surface area contributed by atoms with Crippen LogP contribution in [0.3, 0.4) is 0 Å². The van der Waals surface area contributed by atoms with Crippen LogP contribution < -0.4 is 10.6 Å². The van der Waals surface area contributed by atoms with Gasteiger partial charge < -0.3 is 5.32 Å². The lowest BCUT2D eigenvalue weighted by Gasteiger charge is -2.13. The van der Waals surface area contributed by atoms with E-state index in [9.17, 15) is 13.6 Å². The number of pyridine rings is 1. The molecular weight excluding hydrogens is 374 g/mol. The Bertz CT molecular complexity index is 1030. The number of hydrogen-bond donors (Lipinski definition) is 2. The number of hydrogen-bond acceptors (Lipinski definition) is 3. The standard InChI is InChI=1S/C22H20F2N4O/c1-14-5-6-17(8-15(14)2)21(29)28-22(26-13-16-4-3-7-25-12-16)27-20-10-18(23)9-19(24)11-20/h3-12H,13H2,1-2H3,(H2,26,27,28,29). The topological polar surface area (TPSA) is 66.4 Å². The van der Waals surface area contributed by atoms with Crippen molar-refractivity contribution < 1.29 is 13.6 Å². The number of benzene rings is 2. The molecule has 0 bridgehead atoms. The minimum Gasteiger partial charge on any atom is -0.326 e. The predicted octanol–water partition coefficient (Wildman–Crippen LogP) is 4.37. The van der Waals surface area contributed by atoms with Crippen LogP contribution >= 0.6 is 0 Å². The van der Waals surface area contributed by atoms with Crippen LogP contribution in [0.2, 0.25) is 0 Å². The van der Waals surface area contributed by atoms with Crippen molar-refractivity contribution in [2.75, 3.05) is 5.32 Å². The summed E-state index contributed by atoms with van der Waals surface area (Å²) >= 11 is 0. The van der Waals surface area contributed by atoms with Gasteiger partial charge in [0, 0.05) is 29.7 Å². The zero-order valence-corrected chi connectivity index (χ0v) is 16.0. The van der Waals surface area contributed by atoms with Crippen molar-refractivity contribution in [1.82, 2.24) is 10.3 Å². The van der Waals surface area contributed by atoms with Gasteiger partial charge in [0.05, 0.1) is 6.54 Å². The van der Waals surface area contributed by atoms with Gasteiger partial charge in [0.1, 0.15) is 11.6 Å². The number of nitrogens with one attached hydrogen (secondary N) is 2. The highest BCUT2D eigenvalue weighted by atomic mass is 19.1. The van der Waals surface area contributed by atoms with Gasteiger partial charge in [-0.05, 0) is 60.9 Å². The molecule has 0 spiro atoms. The van der Waals surface area contributed by atoms with E-state index in [-0.39, 0.29) is 24.1 Å². The maximum absolute atomic E-state index is 13.5. The van der Waals surface area contributed by atoms with Crippen LogP contribution in [0.4, 0.5) is 14.5 Å². The molecular formula is C22H20F2N4O. The van der Waals surface area contributed by atoms with Crippen molar-refractivity contribution in [2.45, 2.75) is 20.4 Å². The second kappa shape index (κ2) is 9.05. The number of nitrogens with zero attached hydrogens (tertiary/aromatic N) is 2. The van der Waals surface area contributed by atoms with Crippen molar-refractivity contribution in [1.29, 1.82) is 0 Å². The second-order valence-electron chi connectivity index (χ2n) is 6.56. The fourth-order valence-electron chi connectivity index (χ4n) is 2.60. The summed E-state index contributed by atoms with van der Waals surface area (Å²) in [5.41, 5.74) is 3.45. The van der Waals surface area contributed by atoms with Gasteiger partial charge in [-0.25, -0.2) is 13.8 Å². The average Bonchev–Trinajstić information content (AvgIpc) is 2.68. The average molecular weight is 394 g/mol. The first-order chi connectivity index (χ1) is 13.9. The first-order valence-electron chi connectivity index (χ1n) is 8.96. The zero-order chi connectivity index (χ0) is 20.8. The van der Waals surface area contributed by atoms with E-state index in [1.165, 1.54) is 0 Å². The van der Waals surface area contributed by atoms with E-state index in [1.807, 2.05) is 26.0 Å². The molecule has 0 saturated carbocycles. The summed E-state index contributed by atoms with van der Waals surface area (Å²) in [6.45, 7) is 4.09. The van der Waals surface area contributed by atoms with Gasteiger partial charge in [-0.2, -0.15) is 0 Å². The highest BCUT2D eigenvalue weighted by Crippen LogP contribution is 2.14. The van der Waals surface area contributed by atoms with E-state index in [0.717, 1.165) is 34.9 Å². The molecule has 5 nitrogen and oxygen atoms in total. The quantitative estimate of drug-likeness (QED) is 0.510. The third-order valence-corrected chi connectivity index (χ3v) is 4.27. The molecule has 0 aliphatic rings. The molecule has 0 atom stereocenters. The highest BCUT2D eigenvalue weighted by molar-refractivity contribution is 6.10. The normalized spacial score (nSPS) is 11.2. The van der Waals surface area contributed by atoms with Crippen molar-refractivity contribution >= 4 is 17.6 Å². The number of halogens is 2. The number of rotatable bonds is 4. The Morgan fingerprint density at radius 3 is 2.45 bits per heavy atom. The minimum absolute atomic E-state index is 0.0714. The maximum atomic E-state index is 13.5. The molecule has 0 radical (unpaired) electrons. The number of anilines is 1. The van der Waals surface area contributed by atoms with Gasteiger partial charge in [-0.1, -0.05) is 12.1 Å². The molecule has 7 heteroatoms. The van der Waals surface area contributed by atoms with Gasteiger partial charge in [-0.3, -0.25) is 15.1 Å². The molecule has 29 heavy (non-hydrogen) atoms. The third-order valence-electron chi connectivity index (χ3n) is 4.27. The van der Waals surface area contributed by atoms with E-state index in [4.69, 9.17) is 0 Å². The summed E-state index contributed by atoms with van der Waals surface area (Å²) in [6.07, 6.45) is 3.29. The minimum atomic E-state index is -0.736. The van der Waals surface area contributed by atoms with Gasteiger partial charge in [-0.15, -0.1) is 0 Å². The Balaban J connectivity index is 1.84. The number of carbonyl (C=O) groups is 1. The summed E-state index contributed by atoms with van der Waals surface area (Å²) in [5.74, 6) is -1.79. The van der Waals surface area contributed by atoms with Crippen molar-refractivity contribution in [3.63, 3.8) is 0 Å². The van der Waals surface area contributed by atoms with E-state index >= 15 is 0 Å². The molecule has 0 saturated heterocycles. The summed E-state index contributed by atoms with van der Waals surface area (Å²) < 4.78 is 27.0. The molecule has 0 aliphatic carbocycles. The number of carbonyl (C=O) groups excluding carboxylic acids is 1. The molecule has 1 aromatic heterocycles. The Morgan fingerprint density at radius 1 is 1.03 bits per heavy atom. The number of guanidine groups is 1. The van der Waals surface area contributed by atoms with E-state index in [1.54, 1.807) is 30.6 Å². The molecule has 2 aromatic carbocycles. The lowest BCUT2D eigenvalue weighted by atomic mass is 10.1. The smallest absolute Gasteiger partial charge is 0.257 e. The van der Waals surface area contributed by atoms with Crippen LogP contribution in [-0.2, 0) is 6.54 Å². The van der Waals surface area contributed by atoms with Crippen LogP contribution in [0.1, 0.15) is 27.0 Å². The van der Waals surface area contributed by atoms with Crippen LogP contribution in [0, 0.1) is 25.5 Å². The molecule has 3 rings (SSSR count). The summed E-state index contributed by atoms with van der Waals surface area (Å²) in [6, 6.07) is 11.9. The fourth-order valence-corrected chi connectivity index (χ4v) is 2.60. The highest BCUT2D eigenvalue weighted by Gasteiger charge is 2.11. The molecule has 1 heterocycles. The van der Waals surface area contributed by atoms with Gasteiger partial charge in [0.25, 0.3) is 5.91 Å². The molecule has 3 aromatic rings. The molecule has 0 fully saturated rings. The van der Waals surface area contributed by atoms with Crippen molar-refractivity contribution in [3.8, 4) is 0 Å². The molecule has 148 valence electrons. The number of amides is 1. The predicted molar refractivity (Wildman–Crippen MR) is 109 cm³/mol. The van der Waals surface area contributed by atoms with Crippen LogP contribution in [0.5, 0.6) is 0 Å². The van der Waals surface area contributed by atoms with E-state index < -0.39 is 11.6 Å². The van der Waals surface area contributed by atoms with Crippen LogP contribution in [-0.4, -0.2) is 16.9 Å². The zero-order valence-electron chi connectivity index (χ0n) is 16.0. The van der Waals surface area contributed by atoms with Gasteiger partial charge in [0.2, 0.25) is 5.96 Å². The summed E-state index contributed by atoms with van der Waals surface area (Å²) in [5, 5.41) is 5.45. The first kappa shape index (κ1) is 20.1. The van der Waals surface area contributed by atoms with E-state index in [0.29, 0.717) is 5.56 Å². The van der Waals surface area contributed by atoms with Crippen molar-refractivity contribution in [3.05, 3.63) is 94.8 Å². The number of aliphatic imine (C=N–C) groups is 1. The molecule has 0 aliphatic heterocycles. The van der Waals surface area contributed by atoms with Crippen LogP contribution in [0.15, 0.2) is 65.9 Å². The Labute approximate surface area is 167 Å². The lowest BCUT2D eigenvalue weighted by molar-refractivity contribution is 0.0977. The van der Waals surface area contributed by atoms with Crippen LogP contribution in [0.25, 0.3) is 0 Å². The SMILES string of the molecule is Cc1ccc(C(=O)NC(=NCc2cccnc2)Nc2cc(F)cc(F)c2)cc1C. The molecule has 0 unspecified atom stereocenters. The molecule has 1 amide bonds. The van der Waals surface area contributed by atoms with Gasteiger partial charge >= 0.3 is 0 Å². The Hall–Kier alpha value is -3.61. The monoisotopic (exact) mass is 394 g/mol. The molecule has 2 N–H and O–H groups in total. The maximum Gasteiger partial charge on any atom is 0.257 e. The first-order valence-corrected chi connectivity index (χ1v) is 8.96. The van der Waals surface area contributed by atoms with Gasteiger partial charge in [0.15, 0.2) is 0 Å². The Morgan fingerprint density at radius 2 is 1.79 bits per heavy atom. The van der Waals surface area contributed by atoms with Crippen molar-refractivity contribution in [2.24, 2.45) is 4.99 Å². The summed E-state index contributed by atoms with van der Waals surface area (Å²) in [7, 11) is 0. The fraction of sp³-hybridized carbons (Fsp3) is 0.136. The van der Waals surface area contributed by atoms with E-state index in [2.05, 4.69) is 20.6 Å². The largest absolute Gasteiger partial charge is 0.326 e. The second-order valence-corrected chi connectivity index (χ2v) is 6.56. The number of aryl methyl sites for hydroxylation is 2. The Kier molecular flexibility index (Phi) is 6.29. The lowest BCUT2D eigenvalue weighted by Crippen LogP contribution is -2.36. The number of aromatic nitrogens is 1. The summed E-state index contributed by atoms with van der Waals surface area (Å²) in [4.78, 5) is 21.0.